The smallest absolute Gasteiger partial charge is 0.120 e. The van der Waals surface area contributed by atoms with Crippen LogP contribution in [0.5, 0.6) is 0 Å². The summed E-state index contributed by atoms with van der Waals surface area (Å²) < 4.78 is 2.07. The zero-order valence-electron chi connectivity index (χ0n) is 8.03. The third-order valence-corrected chi connectivity index (χ3v) is 2.08. The van der Waals surface area contributed by atoms with Crippen LogP contribution in [0.1, 0.15) is 5.69 Å². The highest BCUT2D eigenvalue weighted by Gasteiger charge is 2.02. The van der Waals surface area contributed by atoms with E-state index in [2.05, 4.69) is 9.47 Å². The molecular weight excluding hydrogens is 182 g/mol. The third kappa shape index (κ3) is 2.82. The predicted octanol–water partition coefficient (Wildman–Crippen LogP) is 0.684. The second-order valence-electron chi connectivity index (χ2n) is 3.25. The van der Waals surface area contributed by atoms with E-state index in [0.717, 1.165) is 18.8 Å². The van der Waals surface area contributed by atoms with Crippen molar-refractivity contribution in [1.82, 2.24) is 9.47 Å². The molecule has 1 aromatic rings. The van der Waals surface area contributed by atoms with E-state index in [4.69, 9.17) is 18.0 Å². The average molecular weight is 197 g/mol. The summed E-state index contributed by atoms with van der Waals surface area (Å²) in [5.74, 6) is 0. The molecule has 0 spiro atoms. The van der Waals surface area contributed by atoms with Crippen molar-refractivity contribution in [1.29, 1.82) is 0 Å². The summed E-state index contributed by atoms with van der Waals surface area (Å²) in [7, 11) is 4.09. The molecule has 4 heteroatoms. The van der Waals surface area contributed by atoms with Crippen molar-refractivity contribution >= 4 is 17.2 Å². The summed E-state index contributed by atoms with van der Waals surface area (Å²) in [6, 6.07) is 3.90. The van der Waals surface area contributed by atoms with Crippen LogP contribution in [0.15, 0.2) is 18.3 Å². The van der Waals surface area contributed by atoms with Gasteiger partial charge in [-0.3, -0.25) is 0 Å². The van der Waals surface area contributed by atoms with Gasteiger partial charge < -0.3 is 15.2 Å². The summed E-state index contributed by atoms with van der Waals surface area (Å²) in [5, 5.41) is 0. The second-order valence-corrected chi connectivity index (χ2v) is 3.69. The highest BCUT2D eigenvalue weighted by molar-refractivity contribution is 7.80. The van der Waals surface area contributed by atoms with E-state index in [1.165, 1.54) is 0 Å². The Bertz CT molecular complexity index is 291. The number of thiocarbonyl (C=S) groups is 1. The van der Waals surface area contributed by atoms with Crippen LogP contribution in [0.25, 0.3) is 0 Å². The van der Waals surface area contributed by atoms with Crippen LogP contribution < -0.4 is 5.73 Å². The lowest BCUT2D eigenvalue weighted by Crippen LogP contribution is -2.22. The maximum absolute atomic E-state index is 5.56. The number of likely N-dealkylation sites (N-methyl/N-ethyl adjacent to an activating group) is 1. The molecule has 0 aliphatic carbocycles. The van der Waals surface area contributed by atoms with Gasteiger partial charge in [0.1, 0.15) is 4.99 Å². The molecule has 0 fully saturated rings. The number of hydrogen-bond donors (Lipinski definition) is 1. The molecule has 1 aromatic heterocycles. The van der Waals surface area contributed by atoms with Gasteiger partial charge in [-0.1, -0.05) is 12.2 Å². The number of nitrogens with zero attached hydrogens (tertiary/aromatic N) is 2. The summed E-state index contributed by atoms with van der Waals surface area (Å²) in [4.78, 5) is 2.59. The minimum Gasteiger partial charge on any atom is -0.388 e. The van der Waals surface area contributed by atoms with Crippen molar-refractivity contribution in [2.45, 2.75) is 6.54 Å². The number of rotatable bonds is 4. The summed E-state index contributed by atoms with van der Waals surface area (Å²) in [6.07, 6.45) is 2.00. The molecule has 0 saturated heterocycles. The van der Waals surface area contributed by atoms with E-state index in [1.54, 1.807) is 0 Å². The van der Waals surface area contributed by atoms with Gasteiger partial charge in [-0.15, -0.1) is 0 Å². The molecule has 0 atom stereocenters. The van der Waals surface area contributed by atoms with E-state index in [9.17, 15) is 0 Å². The first-order valence-corrected chi connectivity index (χ1v) is 4.62. The standard InChI is InChI=1S/C9H15N3S/c1-11(2)6-7-12-5-3-4-8(12)9(10)13/h3-5H,6-7H2,1-2H3,(H2,10,13). The fourth-order valence-corrected chi connectivity index (χ4v) is 1.33. The SMILES string of the molecule is CN(C)CCn1cccc1C(N)=S. The Hall–Kier alpha value is -0.870. The molecule has 0 amide bonds. The maximum atomic E-state index is 5.56. The van der Waals surface area contributed by atoms with Crippen molar-refractivity contribution in [3.05, 3.63) is 24.0 Å². The lowest BCUT2D eigenvalue weighted by atomic mass is 10.4. The van der Waals surface area contributed by atoms with E-state index in [1.807, 2.05) is 32.4 Å². The van der Waals surface area contributed by atoms with Gasteiger partial charge in [-0.05, 0) is 26.2 Å². The highest BCUT2D eigenvalue weighted by Crippen LogP contribution is 2.01. The molecule has 3 nitrogen and oxygen atoms in total. The molecule has 72 valence electrons. The fourth-order valence-electron chi connectivity index (χ4n) is 1.14. The van der Waals surface area contributed by atoms with Crippen molar-refractivity contribution in [2.24, 2.45) is 5.73 Å². The van der Waals surface area contributed by atoms with Crippen LogP contribution >= 0.6 is 12.2 Å². The highest BCUT2D eigenvalue weighted by atomic mass is 32.1. The molecule has 1 heterocycles. The fraction of sp³-hybridized carbons (Fsp3) is 0.444. The van der Waals surface area contributed by atoms with Crippen LogP contribution in [-0.4, -0.2) is 35.1 Å². The normalized spacial score (nSPS) is 10.7. The summed E-state index contributed by atoms with van der Waals surface area (Å²) in [5.41, 5.74) is 6.50. The zero-order valence-corrected chi connectivity index (χ0v) is 8.84. The lowest BCUT2D eigenvalue weighted by molar-refractivity contribution is 0.384. The van der Waals surface area contributed by atoms with Crippen LogP contribution in [-0.2, 0) is 6.54 Å². The molecule has 1 rings (SSSR count). The van der Waals surface area contributed by atoms with Gasteiger partial charge in [-0.25, -0.2) is 0 Å². The number of nitrogens with two attached hydrogens (primary N) is 1. The molecule has 0 aliphatic heterocycles. The molecular formula is C9H15N3S. The Morgan fingerprint density at radius 1 is 1.62 bits per heavy atom. The van der Waals surface area contributed by atoms with Gasteiger partial charge in [0, 0.05) is 19.3 Å². The zero-order chi connectivity index (χ0) is 9.84. The van der Waals surface area contributed by atoms with Gasteiger partial charge in [-0.2, -0.15) is 0 Å². The number of aromatic nitrogens is 1. The predicted molar refractivity (Wildman–Crippen MR) is 58.9 cm³/mol. The summed E-state index contributed by atoms with van der Waals surface area (Å²) in [6.45, 7) is 1.91. The Labute approximate surface area is 84.1 Å². The molecule has 0 saturated carbocycles. The quantitative estimate of drug-likeness (QED) is 0.721. The van der Waals surface area contributed by atoms with E-state index in [0.29, 0.717) is 4.99 Å². The topological polar surface area (TPSA) is 34.2 Å². The average Bonchev–Trinajstić information content (AvgIpc) is 2.47. The van der Waals surface area contributed by atoms with Crippen LogP contribution in [0.4, 0.5) is 0 Å². The van der Waals surface area contributed by atoms with Gasteiger partial charge in [0.2, 0.25) is 0 Å². The van der Waals surface area contributed by atoms with Gasteiger partial charge in [0.25, 0.3) is 0 Å². The van der Waals surface area contributed by atoms with Crippen LogP contribution in [0.3, 0.4) is 0 Å². The molecule has 0 radical (unpaired) electrons. The molecule has 2 N–H and O–H groups in total. The van der Waals surface area contributed by atoms with Gasteiger partial charge in [0.15, 0.2) is 0 Å². The lowest BCUT2D eigenvalue weighted by Gasteiger charge is -2.12. The van der Waals surface area contributed by atoms with E-state index >= 15 is 0 Å². The van der Waals surface area contributed by atoms with E-state index < -0.39 is 0 Å². The Kier molecular flexibility index (Phi) is 3.45. The van der Waals surface area contributed by atoms with Gasteiger partial charge in [0.05, 0.1) is 5.69 Å². The molecule has 0 bridgehead atoms. The monoisotopic (exact) mass is 197 g/mol. The molecule has 0 unspecified atom stereocenters. The first kappa shape index (κ1) is 10.2. The molecule has 13 heavy (non-hydrogen) atoms. The Balaban J connectivity index is 2.65. The van der Waals surface area contributed by atoms with Crippen LogP contribution in [0, 0.1) is 0 Å². The van der Waals surface area contributed by atoms with E-state index in [-0.39, 0.29) is 0 Å². The minimum absolute atomic E-state index is 0.462. The maximum Gasteiger partial charge on any atom is 0.120 e. The van der Waals surface area contributed by atoms with Crippen molar-refractivity contribution in [3.8, 4) is 0 Å². The third-order valence-electron chi connectivity index (χ3n) is 1.87. The summed E-state index contributed by atoms with van der Waals surface area (Å²) >= 11 is 4.93. The van der Waals surface area contributed by atoms with Crippen molar-refractivity contribution < 1.29 is 0 Å². The largest absolute Gasteiger partial charge is 0.388 e. The van der Waals surface area contributed by atoms with Crippen LogP contribution in [0.2, 0.25) is 0 Å². The first-order valence-electron chi connectivity index (χ1n) is 4.21. The first-order chi connectivity index (χ1) is 6.11. The number of hydrogen-bond acceptors (Lipinski definition) is 2. The Morgan fingerprint density at radius 3 is 2.85 bits per heavy atom. The Morgan fingerprint density at radius 2 is 2.31 bits per heavy atom. The second kappa shape index (κ2) is 4.39. The van der Waals surface area contributed by atoms with Crippen molar-refractivity contribution in [2.75, 3.05) is 20.6 Å². The molecule has 0 aliphatic rings. The van der Waals surface area contributed by atoms with Crippen molar-refractivity contribution in [3.63, 3.8) is 0 Å². The van der Waals surface area contributed by atoms with Gasteiger partial charge >= 0.3 is 0 Å². The minimum atomic E-state index is 0.462. The molecule has 0 aromatic carbocycles.